The van der Waals surface area contributed by atoms with Crippen LogP contribution in [0.4, 0.5) is 13.2 Å². The predicted octanol–water partition coefficient (Wildman–Crippen LogP) is 0.394. The molecule has 0 saturated heterocycles. The molecule has 0 aromatic heterocycles. The van der Waals surface area contributed by atoms with Crippen molar-refractivity contribution in [3.63, 3.8) is 0 Å². The topological polar surface area (TPSA) is 54.4 Å². The Morgan fingerprint density at radius 2 is 1.33 bits per heavy atom. The zero-order valence-corrected chi connectivity index (χ0v) is 8.33. The van der Waals surface area contributed by atoms with Crippen LogP contribution in [0.15, 0.2) is 0 Å². The van der Waals surface area contributed by atoms with Crippen molar-refractivity contribution in [2.24, 2.45) is 0 Å². The first-order valence-corrected chi connectivity index (χ1v) is 2.73. The van der Waals surface area contributed by atoms with Crippen LogP contribution in [-0.4, -0.2) is 18.5 Å². The summed E-state index contributed by atoms with van der Waals surface area (Å²) >= 11 is 0. The van der Waals surface area contributed by atoms with Crippen LogP contribution in [-0.2, 0) is 10.1 Å². The van der Waals surface area contributed by atoms with Crippen molar-refractivity contribution in [2.75, 3.05) is 0 Å². The molecule has 0 aliphatic carbocycles. The largest absolute Gasteiger partial charge is 0.522 e. The standard InChI is InChI=1S/CHF3O3S.La/c2-1(3,4)8(5,6)7;/h(H,5,6,7);. The van der Waals surface area contributed by atoms with E-state index in [4.69, 9.17) is 13.0 Å². The van der Waals surface area contributed by atoms with Gasteiger partial charge in [-0.2, -0.15) is 21.6 Å². The molecule has 3 nitrogen and oxygen atoms in total. The van der Waals surface area contributed by atoms with Crippen molar-refractivity contribution in [1.82, 2.24) is 0 Å². The van der Waals surface area contributed by atoms with Gasteiger partial charge in [-0.3, -0.25) is 4.55 Å². The third-order valence-corrected chi connectivity index (χ3v) is 0.877. The quantitative estimate of drug-likeness (QED) is 0.518. The zero-order valence-electron chi connectivity index (χ0n) is 3.88. The average Bonchev–Trinajstić information content (AvgIpc) is 1.25. The molecule has 0 bridgehead atoms. The van der Waals surface area contributed by atoms with Crippen LogP contribution in [0.5, 0.6) is 0 Å². The van der Waals surface area contributed by atoms with Gasteiger partial charge in [0.05, 0.1) is 0 Å². The molecule has 0 aromatic rings. The van der Waals surface area contributed by atoms with E-state index in [1.807, 2.05) is 0 Å². The van der Waals surface area contributed by atoms with Crippen LogP contribution in [0.1, 0.15) is 0 Å². The molecule has 53 valence electrons. The molecule has 8 heteroatoms. The van der Waals surface area contributed by atoms with Crippen LogP contribution < -0.4 is 0 Å². The summed E-state index contributed by atoms with van der Waals surface area (Å²) in [6, 6.07) is 0. The number of alkyl halides is 3. The van der Waals surface area contributed by atoms with E-state index in [2.05, 4.69) is 0 Å². The SMILES string of the molecule is O=S(=O)(O)C(F)(F)F.[La]. The smallest absolute Gasteiger partial charge is 0.279 e. The maximum atomic E-state index is 10.7. The third kappa shape index (κ3) is 4.32. The molecule has 0 amide bonds. The molecule has 0 aliphatic rings. The van der Waals surface area contributed by atoms with Crippen LogP contribution in [0.25, 0.3) is 0 Å². The monoisotopic (exact) mass is 289 g/mol. The van der Waals surface area contributed by atoms with Gasteiger partial charge < -0.3 is 0 Å². The normalized spacial score (nSPS) is 12.4. The Labute approximate surface area is 77.0 Å². The van der Waals surface area contributed by atoms with E-state index in [-0.39, 0.29) is 35.6 Å². The molecule has 0 atom stereocenters. The molecule has 0 rings (SSSR count). The summed E-state index contributed by atoms with van der Waals surface area (Å²) in [5.74, 6) is 0. The van der Waals surface area contributed by atoms with Gasteiger partial charge in [-0.05, 0) is 0 Å². The summed E-state index contributed by atoms with van der Waals surface area (Å²) < 4.78 is 57.5. The van der Waals surface area contributed by atoms with Gasteiger partial charge in [0.25, 0.3) is 0 Å². The Morgan fingerprint density at radius 3 is 1.33 bits per heavy atom. The molecule has 1 N–H and O–H groups in total. The molecule has 0 fully saturated rings. The first kappa shape index (κ1) is 12.6. The molecule has 0 aromatic carbocycles. The van der Waals surface area contributed by atoms with Crippen LogP contribution >= 0.6 is 0 Å². The van der Waals surface area contributed by atoms with Gasteiger partial charge in [-0.25, -0.2) is 0 Å². The van der Waals surface area contributed by atoms with E-state index in [1.54, 1.807) is 0 Å². The predicted molar refractivity (Wildman–Crippen MR) is 17.6 cm³/mol. The van der Waals surface area contributed by atoms with Gasteiger partial charge in [0.1, 0.15) is 0 Å². The van der Waals surface area contributed by atoms with Crippen molar-refractivity contribution < 1.29 is 61.7 Å². The van der Waals surface area contributed by atoms with Crippen LogP contribution in [0.2, 0.25) is 0 Å². The second kappa shape index (κ2) is 3.33. The Bertz CT molecular complexity index is 168. The first-order chi connectivity index (χ1) is 3.25. The number of hydrogen-bond acceptors (Lipinski definition) is 2. The number of halogens is 3. The molecule has 0 heterocycles. The van der Waals surface area contributed by atoms with Gasteiger partial charge in [-0.1, -0.05) is 0 Å². The molecule has 0 saturated carbocycles. The average molecular weight is 289 g/mol. The van der Waals surface area contributed by atoms with Gasteiger partial charge in [0.2, 0.25) is 0 Å². The summed E-state index contributed by atoms with van der Waals surface area (Å²) in [6.07, 6.45) is 0. The number of hydrogen-bond donors (Lipinski definition) is 1. The van der Waals surface area contributed by atoms with Gasteiger partial charge in [0.15, 0.2) is 0 Å². The van der Waals surface area contributed by atoms with E-state index in [1.165, 1.54) is 0 Å². The molecule has 9 heavy (non-hydrogen) atoms. The summed E-state index contributed by atoms with van der Waals surface area (Å²) in [7, 11) is -5.84. The Hall–Kier alpha value is 0.895. The maximum absolute atomic E-state index is 10.7. The Kier molecular flexibility index (Phi) is 4.65. The van der Waals surface area contributed by atoms with Crippen LogP contribution in [0, 0.1) is 35.6 Å². The van der Waals surface area contributed by atoms with Crippen LogP contribution in [0.3, 0.4) is 0 Å². The first-order valence-electron chi connectivity index (χ1n) is 1.29. The Balaban J connectivity index is 0. The minimum atomic E-state index is -5.84. The minimum Gasteiger partial charge on any atom is -0.279 e. The van der Waals surface area contributed by atoms with E-state index in [0.717, 1.165) is 0 Å². The zero-order chi connectivity index (χ0) is 7.00. The van der Waals surface area contributed by atoms with E-state index in [9.17, 15) is 13.2 Å². The minimum absolute atomic E-state index is 0. The van der Waals surface area contributed by atoms with Crippen molar-refractivity contribution in [3.05, 3.63) is 0 Å². The van der Waals surface area contributed by atoms with E-state index in [0.29, 0.717) is 0 Å². The molecular formula is CHF3LaO3S. The van der Waals surface area contributed by atoms with E-state index >= 15 is 0 Å². The fourth-order valence-electron chi connectivity index (χ4n) is 0. The summed E-state index contributed by atoms with van der Waals surface area (Å²) in [6.45, 7) is 0. The fraction of sp³-hybridized carbons (Fsp3) is 1.00. The van der Waals surface area contributed by atoms with E-state index < -0.39 is 15.6 Å². The molecule has 0 unspecified atom stereocenters. The fourth-order valence-corrected chi connectivity index (χ4v) is 0. The van der Waals surface area contributed by atoms with Crippen molar-refractivity contribution in [3.8, 4) is 0 Å². The summed E-state index contributed by atoms with van der Waals surface area (Å²) in [4.78, 5) is 0. The Morgan fingerprint density at radius 1 is 1.22 bits per heavy atom. The number of rotatable bonds is 0. The second-order valence-electron chi connectivity index (χ2n) is 0.921. The maximum Gasteiger partial charge on any atom is 0.522 e. The van der Waals surface area contributed by atoms with Crippen molar-refractivity contribution in [2.45, 2.75) is 5.51 Å². The van der Waals surface area contributed by atoms with Gasteiger partial charge >= 0.3 is 15.6 Å². The molecule has 0 aliphatic heterocycles. The second-order valence-corrected chi connectivity index (χ2v) is 2.33. The molecule has 1 radical (unpaired) electrons. The van der Waals surface area contributed by atoms with Crippen molar-refractivity contribution >= 4 is 10.1 Å². The van der Waals surface area contributed by atoms with Crippen molar-refractivity contribution in [1.29, 1.82) is 0 Å². The third-order valence-electron chi connectivity index (χ3n) is 0.292. The van der Waals surface area contributed by atoms with Gasteiger partial charge in [-0.15, -0.1) is 0 Å². The van der Waals surface area contributed by atoms with Gasteiger partial charge in [0, 0.05) is 35.6 Å². The molecular weight excluding hydrogens is 288 g/mol. The summed E-state index contributed by atoms with van der Waals surface area (Å²) in [5, 5.41) is 0. The summed E-state index contributed by atoms with van der Waals surface area (Å²) in [5.41, 5.74) is -5.53. The molecule has 0 spiro atoms.